The predicted octanol–water partition coefficient (Wildman–Crippen LogP) is 4.22. The molecule has 1 aliphatic rings. The average Bonchev–Trinajstić information content (AvgIpc) is 2.71. The van der Waals surface area contributed by atoms with Crippen LogP contribution in [0.5, 0.6) is 11.5 Å². The maximum Gasteiger partial charge on any atom is 0.161 e. The number of aliphatic hydroxyl groups excluding tert-OH is 1. The quantitative estimate of drug-likeness (QED) is 0.741. The molecule has 2 atom stereocenters. The summed E-state index contributed by atoms with van der Waals surface area (Å²) in [4.78, 5) is 2.47. The van der Waals surface area contributed by atoms with E-state index in [0.29, 0.717) is 6.61 Å². The first kappa shape index (κ1) is 20.7. The van der Waals surface area contributed by atoms with E-state index in [9.17, 15) is 5.11 Å². The molecule has 1 heterocycles. The fourth-order valence-electron chi connectivity index (χ4n) is 3.92. The summed E-state index contributed by atoms with van der Waals surface area (Å²) in [5.74, 6) is 1.77. The van der Waals surface area contributed by atoms with Gasteiger partial charge < -0.3 is 19.5 Å². The Hall–Kier alpha value is -2.04. The van der Waals surface area contributed by atoms with Crippen molar-refractivity contribution in [2.45, 2.75) is 45.8 Å². The molecule has 4 nitrogen and oxygen atoms in total. The molecule has 0 bridgehead atoms. The standard InChI is InChI=1S/C24H33NO3/c1-4-12-25-13-11-22(26)21(16-25)14-20-9-10-23(24(15-20)27-3)28-17-19-7-5-18(2)6-8-19/h5-10,15,21-22,26H,4,11-14,16-17H2,1-3H3. The van der Waals surface area contributed by atoms with Crippen LogP contribution in [0.3, 0.4) is 0 Å². The second kappa shape index (κ2) is 9.94. The van der Waals surface area contributed by atoms with Crippen LogP contribution in [-0.4, -0.2) is 42.9 Å². The lowest BCUT2D eigenvalue weighted by Gasteiger charge is -2.36. The Morgan fingerprint density at radius 2 is 1.82 bits per heavy atom. The lowest BCUT2D eigenvalue weighted by Crippen LogP contribution is -2.44. The van der Waals surface area contributed by atoms with Crippen LogP contribution in [0, 0.1) is 12.8 Å². The summed E-state index contributed by atoms with van der Waals surface area (Å²) in [6.45, 7) is 7.88. The van der Waals surface area contributed by atoms with Crippen molar-refractivity contribution >= 4 is 0 Å². The number of aliphatic hydroxyl groups is 1. The van der Waals surface area contributed by atoms with Crippen LogP contribution in [0.15, 0.2) is 42.5 Å². The summed E-state index contributed by atoms with van der Waals surface area (Å²) >= 11 is 0. The number of nitrogens with zero attached hydrogens (tertiary/aromatic N) is 1. The van der Waals surface area contributed by atoms with Gasteiger partial charge in [0.25, 0.3) is 0 Å². The van der Waals surface area contributed by atoms with Gasteiger partial charge in [-0.2, -0.15) is 0 Å². The highest BCUT2D eigenvalue weighted by atomic mass is 16.5. The van der Waals surface area contributed by atoms with E-state index in [2.05, 4.69) is 55.1 Å². The molecule has 28 heavy (non-hydrogen) atoms. The summed E-state index contributed by atoms with van der Waals surface area (Å²) in [6.07, 6.45) is 2.65. The van der Waals surface area contributed by atoms with Crippen molar-refractivity contribution < 1.29 is 14.6 Å². The number of ether oxygens (including phenoxy) is 2. The number of hydrogen-bond acceptors (Lipinski definition) is 4. The summed E-state index contributed by atoms with van der Waals surface area (Å²) in [5.41, 5.74) is 3.56. The number of likely N-dealkylation sites (tertiary alicyclic amines) is 1. The van der Waals surface area contributed by atoms with Crippen molar-refractivity contribution in [1.82, 2.24) is 4.90 Å². The molecule has 4 heteroatoms. The maximum absolute atomic E-state index is 10.4. The third-order valence-electron chi connectivity index (χ3n) is 5.56. The molecule has 2 unspecified atom stereocenters. The van der Waals surface area contributed by atoms with Gasteiger partial charge >= 0.3 is 0 Å². The Bertz CT molecular complexity index is 744. The van der Waals surface area contributed by atoms with Crippen LogP contribution >= 0.6 is 0 Å². The molecule has 152 valence electrons. The normalized spacial score (nSPS) is 20.1. The number of methoxy groups -OCH3 is 1. The first-order valence-corrected chi connectivity index (χ1v) is 10.3. The van der Waals surface area contributed by atoms with Gasteiger partial charge in [0.2, 0.25) is 0 Å². The van der Waals surface area contributed by atoms with Gasteiger partial charge in [-0.3, -0.25) is 0 Å². The van der Waals surface area contributed by atoms with Crippen molar-refractivity contribution in [2.75, 3.05) is 26.7 Å². The van der Waals surface area contributed by atoms with Crippen molar-refractivity contribution in [1.29, 1.82) is 0 Å². The van der Waals surface area contributed by atoms with Gasteiger partial charge in [0, 0.05) is 19.0 Å². The maximum atomic E-state index is 10.4. The molecule has 2 aromatic rings. The highest BCUT2D eigenvalue weighted by Gasteiger charge is 2.27. The first-order valence-electron chi connectivity index (χ1n) is 10.3. The van der Waals surface area contributed by atoms with Crippen molar-refractivity contribution in [3.8, 4) is 11.5 Å². The van der Waals surface area contributed by atoms with Gasteiger partial charge in [-0.1, -0.05) is 42.8 Å². The third-order valence-corrected chi connectivity index (χ3v) is 5.56. The Morgan fingerprint density at radius 3 is 2.54 bits per heavy atom. The minimum Gasteiger partial charge on any atom is -0.493 e. The Labute approximate surface area is 169 Å². The summed E-state index contributed by atoms with van der Waals surface area (Å²) in [5, 5.41) is 10.4. The largest absolute Gasteiger partial charge is 0.493 e. The minimum atomic E-state index is -0.225. The monoisotopic (exact) mass is 383 g/mol. The molecule has 0 saturated carbocycles. The number of piperidine rings is 1. The second-order valence-electron chi connectivity index (χ2n) is 7.88. The van der Waals surface area contributed by atoms with Crippen molar-refractivity contribution in [3.63, 3.8) is 0 Å². The third kappa shape index (κ3) is 5.49. The van der Waals surface area contributed by atoms with E-state index in [1.54, 1.807) is 7.11 Å². The van der Waals surface area contributed by atoms with Gasteiger partial charge in [0.05, 0.1) is 13.2 Å². The summed E-state index contributed by atoms with van der Waals surface area (Å²) < 4.78 is 11.6. The highest BCUT2D eigenvalue weighted by Crippen LogP contribution is 2.31. The van der Waals surface area contributed by atoms with Gasteiger partial charge in [0.15, 0.2) is 11.5 Å². The molecule has 0 aliphatic carbocycles. The van der Waals surface area contributed by atoms with Crippen LogP contribution in [-0.2, 0) is 13.0 Å². The lowest BCUT2D eigenvalue weighted by molar-refractivity contribution is 0.0270. The zero-order valence-electron chi connectivity index (χ0n) is 17.4. The average molecular weight is 384 g/mol. The van der Waals surface area contributed by atoms with E-state index in [4.69, 9.17) is 9.47 Å². The number of aryl methyl sites for hydroxylation is 1. The molecule has 0 amide bonds. The van der Waals surface area contributed by atoms with E-state index in [-0.39, 0.29) is 12.0 Å². The van der Waals surface area contributed by atoms with Gasteiger partial charge in [-0.05, 0) is 56.0 Å². The highest BCUT2D eigenvalue weighted by molar-refractivity contribution is 5.43. The zero-order chi connectivity index (χ0) is 19.9. The number of benzene rings is 2. The summed E-state index contributed by atoms with van der Waals surface area (Å²) in [7, 11) is 1.68. The molecule has 2 aromatic carbocycles. The van der Waals surface area contributed by atoms with Crippen LogP contribution in [0.1, 0.15) is 36.5 Å². The SMILES string of the molecule is CCCN1CCC(O)C(Cc2ccc(OCc3ccc(C)cc3)c(OC)c2)C1. The number of hydrogen-bond donors (Lipinski definition) is 1. The topological polar surface area (TPSA) is 41.9 Å². The molecule has 3 rings (SSSR count). The summed E-state index contributed by atoms with van der Waals surface area (Å²) in [6, 6.07) is 14.5. The molecule has 1 N–H and O–H groups in total. The van der Waals surface area contributed by atoms with Crippen molar-refractivity contribution in [2.24, 2.45) is 5.92 Å². The Kier molecular flexibility index (Phi) is 7.35. The molecule has 0 spiro atoms. The lowest BCUT2D eigenvalue weighted by atomic mass is 9.88. The van der Waals surface area contributed by atoms with Gasteiger partial charge in [-0.25, -0.2) is 0 Å². The molecule has 0 aromatic heterocycles. The fourth-order valence-corrected chi connectivity index (χ4v) is 3.92. The fraction of sp³-hybridized carbons (Fsp3) is 0.500. The van der Waals surface area contributed by atoms with E-state index in [0.717, 1.165) is 56.0 Å². The molecule has 1 saturated heterocycles. The van der Waals surface area contributed by atoms with Crippen LogP contribution in [0.4, 0.5) is 0 Å². The zero-order valence-corrected chi connectivity index (χ0v) is 17.4. The van der Waals surface area contributed by atoms with Gasteiger partial charge in [0.1, 0.15) is 6.61 Å². The molecule has 1 fully saturated rings. The smallest absolute Gasteiger partial charge is 0.161 e. The van der Waals surface area contributed by atoms with Crippen molar-refractivity contribution in [3.05, 3.63) is 59.2 Å². The molecule has 1 aliphatic heterocycles. The molecular formula is C24H33NO3. The van der Waals surface area contributed by atoms with Gasteiger partial charge in [-0.15, -0.1) is 0 Å². The second-order valence-corrected chi connectivity index (χ2v) is 7.88. The van der Waals surface area contributed by atoms with Crippen LogP contribution in [0.2, 0.25) is 0 Å². The molecular weight excluding hydrogens is 350 g/mol. The van der Waals surface area contributed by atoms with Crippen LogP contribution in [0.25, 0.3) is 0 Å². The molecule has 0 radical (unpaired) electrons. The van der Waals surface area contributed by atoms with E-state index >= 15 is 0 Å². The van der Waals surface area contributed by atoms with Crippen LogP contribution < -0.4 is 9.47 Å². The van der Waals surface area contributed by atoms with E-state index in [1.807, 2.05) is 6.07 Å². The van der Waals surface area contributed by atoms with E-state index in [1.165, 1.54) is 11.1 Å². The predicted molar refractivity (Wildman–Crippen MR) is 113 cm³/mol. The Balaban J connectivity index is 1.64. The first-order chi connectivity index (χ1) is 13.6. The number of rotatable bonds is 8. The Morgan fingerprint density at radius 1 is 1.07 bits per heavy atom. The van der Waals surface area contributed by atoms with E-state index < -0.39 is 0 Å². The minimum absolute atomic E-state index is 0.225.